The fourth-order valence-corrected chi connectivity index (χ4v) is 3.74. The van der Waals surface area contributed by atoms with Crippen LogP contribution < -0.4 is 0 Å². The molecule has 0 bridgehead atoms. The van der Waals surface area contributed by atoms with Gasteiger partial charge in [0.05, 0.1) is 11.2 Å². The lowest BCUT2D eigenvalue weighted by molar-refractivity contribution is -0.141. The van der Waals surface area contributed by atoms with Gasteiger partial charge in [-0.2, -0.15) is 0 Å². The molecule has 3 rings (SSSR count). The minimum atomic E-state index is -0.289. The monoisotopic (exact) mass is 262 g/mol. The van der Waals surface area contributed by atoms with Gasteiger partial charge in [0.1, 0.15) is 12.2 Å². The van der Waals surface area contributed by atoms with Crippen LogP contribution in [0.2, 0.25) is 0 Å². The molecule has 5 atom stereocenters. The summed E-state index contributed by atoms with van der Waals surface area (Å²) in [5, 5.41) is 0. The molecule has 0 aromatic rings. The second-order valence-electron chi connectivity index (χ2n) is 6.43. The van der Waals surface area contributed by atoms with Gasteiger partial charge in [0.25, 0.3) is 0 Å². The number of ether oxygens (including phenoxy) is 2. The molecule has 3 nitrogen and oxygen atoms in total. The lowest BCUT2D eigenvalue weighted by Crippen LogP contribution is -2.42. The Labute approximate surface area is 114 Å². The van der Waals surface area contributed by atoms with Crippen LogP contribution in [0.1, 0.15) is 40.0 Å². The van der Waals surface area contributed by atoms with Crippen molar-refractivity contribution in [3.8, 4) is 0 Å². The Kier molecular flexibility index (Phi) is 2.86. The molecule has 0 spiro atoms. The standard InChI is InChI=1S/C16H22O3/c1-9-5-7-12(8-6-9)16(4)11(3)14-13(19-16)10(2)15(17)18-14/h5,11-14H,2,6-8H2,1,3-4H3/t11-,12-,13+,14+,16-/m1/s1. The summed E-state index contributed by atoms with van der Waals surface area (Å²) in [6.07, 6.45) is 5.31. The maximum atomic E-state index is 11.6. The first kappa shape index (κ1) is 12.9. The maximum Gasteiger partial charge on any atom is 0.336 e. The van der Waals surface area contributed by atoms with E-state index in [1.54, 1.807) is 0 Å². The summed E-state index contributed by atoms with van der Waals surface area (Å²) >= 11 is 0. The van der Waals surface area contributed by atoms with E-state index in [-0.39, 0.29) is 29.7 Å². The van der Waals surface area contributed by atoms with Crippen LogP contribution in [0.5, 0.6) is 0 Å². The van der Waals surface area contributed by atoms with E-state index in [4.69, 9.17) is 9.47 Å². The SMILES string of the molecule is C=C1C(=O)O[C@H]2[C@@H](C)[C@](C)([C@@H]3CC=C(C)CC3)O[C@@H]12. The maximum absolute atomic E-state index is 11.6. The summed E-state index contributed by atoms with van der Waals surface area (Å²) in [6, 6.07) is 0. The van der Waals surface area contributed by atoms with Crippen LogP contribution in [0.3, 0.4) is 0 Å². The normalized spacial score (nSPS) is 45.9. The Bertz CT molecular complexity index is 465. The van der Waals surface area contributed by atoms with Gasteiger partial charge in [0.2, 0.25) is 0 Å². The van der Waals surface area contributed by atoms with Crippen molar-refractivity contribution in [1.29, 1.82) is 0 Å². The molecule has 2 aliphatic heterocycles. The van der Waals surface area contributed by atoms with Crippen molar-refractivity contribution in [2.24, 2.45) is 11.8 Å². The number of carbonyl (C=O) groups is 1. The van der Waals surface area contributed by atoms with E-state index in [1.165, 1.54) is 5.57 Å². The van der Waals surface area contributed by atoms with Crippen molar-refractivity contribution < 1.29 is 14.3 Å². The van der Waals surface area contributed by atoms with Gasteiger partial charge in [-0.3, -0.25) is 0 Å². The van der Waals surface area contributed by atoms with Gasteiger partial charge in [-0.25, -0.2) is 4.79 Å². The average Bonchev–Trinajstić information content (AvgIpc) is 2.79. The molecular formula is C16H22O3. The quantitative estimate of drug-likeness (QED) is 0.414. The summed E-state index contributed by atoms with van der Waals surface area (Å²) in [5.41, 5.74) is 1.75. The highest BCUT2D eigenvalue weighted by Gasteiger charge is 2.59. The third-order valence-corrected chi connectivity index (χ3v) is 5.37. The zero-order valence-electron chi connectivity index (χ0n) is 11.9. The van der Waals surface area contributed by atoms with Crippen LogP contribution >= 0.6 is 0 Å². The molecule has 0 saturated carbocycles. The first-order chi connectivity index (χ1) is 8.93. The van der Waals surface area contributed by atoms with Gasteiger partial charge in [-0.1, -0.05) is 25.2 Å². The zero-order valence-corrected chi connectivity index (χ0v) is 11.9. The van der Waals surface area contributed by atoms with E-state index in [0.29, 0.717) is 11.5 Å². The molecule has 1 aliphatic carbocycles. The molecule has 0 aromatic carbocycles. The molecular weight excluding hydrogens is 240 g/mol. The van der Waals surface area contributed by atoms with Crippen molar-refractivity contribution >= 4 is 5.97 Å². The van der Waals surface area contributed by atoms with Crippen LogP contribution in [0.25, 0.3) is 0 Å². The van der Waals surface area contributed by atoms with Crippen molar-refractivity contribution in [1.82, 2.24) is 0 Å². The Morgan fingerprint density at radius 2 is 2.21 bits per heavy atom. The predicted molar refractivity (Wildman–Crippen MR) is 72.6 cm³/mol. The van der Waals surface area contributed by atoms with Crippen LogP contribution in [0.4, 0.5) is 0 Å². The highest BCUT2D eigenvalue weighted by atomic mass is 16.6. The summed E-state index contributed by atoms with van der Waals surface area (Å²) in [5.74, 6) is 0.434. The topological polar surface area (TPSA) is 35.5 Å². The lowest BCUT2D eigenvalue weighted by Gasteiger charge is -2.39. The average molecular weight is 262 g/mol. The van der Waals surface area contributed by atoms with E-state index in [2.05, 4.69) is 33.4 Å². The molecule has 104 valence electrons. The van der Waals surface area contributed by atoms with Crippen LogP contribution in [-0.2, 0) is 14.3 Å². The number of hydrogen-bond donors (Lipinski definition) is 0. The summed E-state index contributed by atoms with van der Waals surface area (Å²) < 4.78 is 11.7. The molecule has 0 radical (unpaired) electrons. The second-order valence-corrected chi connectivity index (χ2v) is 6.43. The Morgan fingerprint density at radius 1 is 1.47 bits per heavy atom. The minimum absolute atomic E-state index is 0.142. The Morgan fingerprint density at radius 3 is 2.79 bits per heavy atom. The number of carbonyl (C=O) groups excluding carboxylic acids is 1. The van der Waals surface area contributed by atoms with Crippen LogP contribution in [0, 0.1) is 11.8 Å². The smallest absolute Gasteiger partial charge is 0.336 e. The fourth-order valence-electron chi connectivity index (χ4n) is 3.74. The first-order valence-electron chi connectivity index (χ1n) is 7.16. The molecule has 0 unspecified atom stereocenters. The van der Waals surface area contributed by atoms with Gasteiger partial charge in [-0.15, -0.1) is 0 Å². The van der Waals surface area contributed by atoms with Gasteiger partial charge < -0.3 is 9.47 Å². The highest BCUT2D eigenvalue weighted by Crippen LogP contribution is 2.50. The van der Waals surface area contributed by atoms with E-state index >= 15 is 0 Å². The summed E-state index contributed by atoms with van der Waals surface area (Å²) in [6.45, 7) is 10.3. The van der Waals surface area contributed by atoms with E-state index < -0.39 is 0 Å². The van der Waals surface area contributed by atoms with E-state index in [1.807, 2.05) is 0 Å². The molecule has 3 heteroatoms. The van der Waals surface area contributed by atoms with Crippen LogP contribution in [0.15, 0.2) is 23.8 Å². The first-order valence-corrected chi connectivity index (χ1v) is 7.16. The Balaban J connectivity index is 1.83. The number of fused-ring (bicyclic) bond motifs is 1. The van der Waals surface area contributed by atoms with Gasteiger partial charge in [0, 0.05) is 5.92 Å². The Hall–Kier alpha value is -1.09. The molecule has 2 heterocycles. The van der Waals surface area contributed by atoms with Gasteiger partial charge in [0.15, 0.2) is 0 Å². The summed E-state index contributed by atoms with van der Waals surface area (Å²) in [7, 11) is 0. The second kappa shape index (κ2) is 4.20. The van der Waals surface area contributed by atoms with Gasteiger partial charge in [-0.05, 0) is 39.0 Å². The van der Waals surface area contributed by atoms with Crippen LogP contribution in [-0.4, -0.2) is 23.8 Å². The van der Waals surface area contributed by atoms with E-state index in [0.717, 1.165) is 19.3 Å². The number of rotatable bonds is 1. The number of hydrogen-bond acceptors (Lipinski definition) is 3. The number of esters is 1. The predicted octanol–water partition coefficient (Wildman–Crippen LogP) is 3.01. The molecule has 3 aliphatic rings. The minimum Gasteiger partial charge on any atom is -0.455 e. The highest BCUT2D eigenvalue weighted by molar-refractivity contribution is 5.91. The molecule has 0 aromatic heterocycles. The largest absolute Gasteiger partial charge is 0.455 e. The fraction of sp³-hybridized carbons (Fsp3) is 0.688. The molecule has 0 amide bonds. The van der Waals surface area contributed by atoms with Gasteiger partial charge >= 0.3 is 5.97 Å². The van der Waals surface area contributed by atoms with Crippen molar-refractivity contribution in [2.75, 3.05) is 0 Å². The molecule has 2 saturated heterocycles. The van der Waals surface area contributed by atoms with Crippen molar-refractivity contribution in [2.45, 2.75) is 57.8 Å². The third-order valence-electron chi connectivity index (χ3n) is 5.37. The molecule has 19 heavy (non-hydrogen) atoms. The number of allylic oxidation sites excluding steroid dienone is 2. The van der Waals surface area contributed by atoms with E-state index in [9.17, 15) is 4.79 Å². The molecule has 0 N–H and O–H groups in total. The molecule has 2 fully saturated rings. The van der Waals surface area contributed by atoms with Crippen molar-refractivity contribution in [3.05, 3.63) is 23.8 Å². The lowest BCUT2D eigenvalue weighted by atomic mass is 9.72. The zero-order chi connectivity index (χ0) is 13.8. The third kappa shape index (κ3) is 1.78. The van der Waals surface area contributed by atoms with Crippen molar-refractivity contribution in [3.63, 3.8) is 0 Å². The summed E-state index contributed by atoms with van der Waals surface area (Å²) in [4.78, 5) is 11.6.